The Kier molecular flexibility index (Phi) is 4.44. The summed E-state index contributed by atoms with van der Waals surface area (Å²) in [5, 5.41) is 19.2. The number of amides is 1. The minimum atomic E-state index is -0.302. The van der Waals surface area contributed by atoms with Gasteiger partial charge in [0.1, 0.15) is 5.82 Å². The van der Waals surface area contributed by atoms with E-state index < -0.39 is 0 Å². The molecule has 2 atom stereocenters. The summed E-state index contributed by atoms with van der Waals surface area (Å²) in [5.74, 6) is -0.205. The summed E-state index contributed by atoms with van der Waals surface area (Å²) in [4.78, 5) is 20.4. The van der Waals surface area contributed by atoms with E-state index in [1.165, 1.54) is 23.9 Å². The number of benzene rings is 1. The number of hydrogen-bond acceptors (Lipinski definition) is 6. The molecule has 1 aromatic carbocycles. The molecule has 2 fully saturated rings. The van der Waals surface area contributed by atoms with Crippen molar-refractivity contribution < 1.29 is 9.18 Å². The average molecular weight is 420 g/mol. The predicted molar refractivity (Wildman–Crippen MR) is 108 cm³/mol. The number of rotatable bonds is 5. The van der Waals surface area contributed by atoms with Crippen LogP contribution in [-0.4, -0.2) is 44.6 Å². The number of pyridine rings is 1. The highest BCUT2D eigenvalue weighted by molar-refractivity contribution is 7.99. The van der Waals surface area contributed by atoms with E-state index in [2.05, 4.69) is 26.7 Å². The Balaban J connectivity index is 1.34. The van der Waals surface area contributed by atoms with Gasteiger partial charge in [-0.2, -0.15) is 10.4 Å². The first-order chi connectivity index (χ1) is 14.6. The number of likely N-dealkylation sites (tertiary alicyclic amines) is 1. The Morgan fingerprint density at radius 3 is 2.97 bits per heavy atom. The van der Waals surface area contributed by atoms with E-state index in [9.17, 15) is 9.18 Å². The molecule has 3 heterocycles. The van der Waals surface area contributed by atoms with Crippen molar-refractivity contribution in [1.29, 1.82) is 5.26 Å². The van der Waals surface area contributed by atoms with E-state index in [4.69, 9.17) is 5.26 Å². The van der Waals surface area contributed by atoms with Crippen molar-refractivity contribution in [2.45, 2.75) is 21.8 Å². The fourth-order valence-electron chi connectivity index (χ4n) is 3.92. The number of aromatic amines is 1. The Bertz CT molecular complexity index is 1160. The first-order valence-corrected chi connectivity index (χ1v) is 10.3. The van der Waals surface area contributed by atoms with Crippen LogP contribution in [0, 0.1) is 23.2 Å². The van der Waals surface area contributed by atoms with Crippen LogP contribution >= 0.6 is 11.8 Å². The van der Waals surface area contributed by atoms with E-state index in [-0.39, 0.29) is 17.3 Å². The van der Waals surface area contributed by atoms with Crippen LogP contribution in [0.5, 0.6) is 0 Å². The zero-order chi connectivity index (χ0) is 20.7. The minimum Gasteiger partial charge on any atom is -0.343 e. The van der Waals surface area contributed by atoms with E-state index in [0.29, 0.717) is 30.4 Å². The summed E-state index contributed by atoms with van der Waals surface area (Å²) >= 11 is 1.48. The predicted octanol–water partition coefficient (Wildman–Crippen LogP) is 3.05. The Morgan fingerprint density at radius 1 is 1.37 bits per heavy atom. The summed E-state index contributed by atoms with van der Waals surface area (Å²) in [6.45, 7) is 1.25. The van der Waals surface area contributed by atoms with Crippen molar-refractivity contribution in [2.75, 3.05) is 13.1 Å². The Morgan fingerprint density at radius 2 is 2.20 bits per heavy atom. The van der Waals surface area contributed by atoms with Crippen molar-refractivity contribution in [3.63, 3.8) is 0 Å². The lowest BCUT2D eigenvalue weighted by molar-refractivity contribution is 0.0924. The molecule has 2 aromatic heterocycles. The van der Waals surface area contributed by atoms with Crippen molar-refractivity contribution in [3.05, 3.63) is 60.3 Å². The lowest BCUT2D eigenvalue weighted by atomic mass is 10.2. The summed E-state index contributed by atoms with van der Waals surface area (Å²) < 4.78 is 13.2. The molecule has 0 radical (unpaired) electrons. The van der Waals surface area contributed by atoms with Crippen molar-refractivity contribution in [2.24, 2.45) is 5.92 Å². The van der Waals surface area contributed by atoms with Crippen molar-refractivity contribution in [3.8, 4) is 17.5 Å². The molecule has 1 aliphatic heterocycles. The quantitative estimate of drug-likeness (QED) is 0.616. The molecule has 1 saturated carbocycles. The maximum Gasteiger partial charge on any atom is 0.272 e. The molecule has 150 valence electrons. The topological polar surface area (TPSA) is 97.7 Å². The van der Waals surface area contributed by atoms with E-state index >= 15 is 0 Å². The van der Waals surface area contributed by atoms with Crippen molar-refractivity contribution in [1.82, 2.24) is 25.4 Å². The number of nitrogens with one attached hydrogen (secondary N) is 2. The van der Waals surface area contributed by atoms with Crippen LogP contribution in [0.2, 0.25) is 0 Å². The molecule has 0 bridgehead atoms. The van der Waals surface area contributed by atoms with Crippen LogP contribution < -0.4 is 5.32 Å². The molecule has 1 unspecified atom stereocenters. The third kappa shape index (κ3) is 3.39. The van der Waals surface area contributed by atoms with Crippen LogP contribution in [0.4, 0.5) is 4.39 Å². The number of hydrogen-bond donors (Lipinski definition) is 2. The number of H-pyrrole nitrogens is 1. The van der Waals surface area contributed by atoms with Crippen LogP contribution in [0.25, 0.3) is 11.3 Å². The van der Waals surface area contributed by atoms with E-state index in [1.54, 1.807) is 35.5 Å². The number of nitriles is 1. The lowest BCUT2D eigenvalue weighted by Crippen LogP contribution is -2.41. The van der Waals surface area contributed by atoms with Crippen molar-refractivity contribution >= 4 is 17.7 Å². The van der Waals surface area contributed by atoms with Gasteiger partial charge in [-0.3, -0.25) is 14.9 Å². The molecular formula is C21H17FN6OS. The third-order valence-corrected chi connectivity index (χ3v) is 6.66. The third-order valence-electron chi connectivity index (χ3n) is 5.57. The van der Waals surface area contributed by atoms with Gasteiger partial charge in [-0.1, -0.05) is 11.8 Å². The number of carbonyl (C=O) groups is 1. The monoisotopic (exact) mass is 420 g/mol. The van der Waals surface area contributed by atoms with Crippen LogP contribution in [-0.2, 0) is 0 Å². The summed E-state index contributed by atoms with van der Waals surface area (Å²) in [6.07, 6.45) is 6.44. The highest BCUT2D eigenvalue weighted by Gasteiger charge is 2.61. The van der Waals surface area contributed by atoms with Crippen LogP contribution in [0.3, 0.4) is 0 Å². The number of aromatic nitrogens is 3. The molecule has 2 N–H and O–H groups in total. The van der Waals surface area contributed by atoms with Gasteiger partial charge >= 0.3 is 0 Å². The normalized spacial score (nSPS) is 21.7. The zero-order valence-electron chi connectivity index (χ0n) is 15.8. The standard InChI is InChI=1S/C21H17FN6OS/c22-14-1-3-15(4-2-14)30-19-5-6-24-9-16(19)17-7-18(27-26-17)20(29)25-21-8-13(21)10-28(11-21)12-23/h1-7,9,13H,8,10-11H2,(H,25,29)(H,26,27)/t13?,21-/m0/s1. The molecule has 1 aliphatic carbocycles. The smallest absolute Gasteiger partial charge is 0.272 e. The molecule has 5 rings (SSSR count). The maximum absolute atomic E-state index is 13.2. The first-order valence-electron chi connectivity index (χ1n) is 9.47. The van der Waals surface area contributed by atoms with Gasteiger partial charge in [0.05, 0.1) is 17.8 Å². The zero-order valence-corrected chi connectivity index (χ0v) is 16.6. The van der Waals surface area contributed by atoms with Gasteiger partial charge in [-0.05, 0) is 42.8 Å². The molecule has 7 nitrogen and oxygen atoms in total. The van der Waals surface area contributed by atoms with Gasteiger partial charge in [0, 0.05) is 40.2 Å². The Hall–Kier alpha value is -3.38. The Labute approximate surface area is 176 Å². The molecule has 1 amide bonds. The molecule has 2 aliphatic rings. The van der Waals surface area contributed by atoms with E-state index in [0.717, 1.165) is 21.8 Å². The summed E-state index contributed by atoms with van der Waals surface area (Å²) in [5.41, 5.74) is 1.47. The highest BCUT2D eigenvalue weighted by Crippen LogP contribution is 2.49. The van der Waals surface area contributed by atoms with Gasteiger partial charge in [0.15, 0.2) is 11.9 Å². The number of nitrogens with zero attached hydrogens (tertiary/aromatic N) is 4. The second-order valence-corrected chi connectivity index (χ2v) is 8.70. The fourth-order valence-corrected chi connectivity index (χ4v) is 4.85. The lowest BCUT2D eigenvalue weighted by Gasteiger charge is -2.16. The van der Waals surface area contributed by atoms with Crippen LogP contribution in [0.15, 0.2) is 58.6 Å². The number of piperidine rings is 1. The molecule has 30 heavy (non-hydrogen) atoms. The fraction of sp³-hybridized carbons (Fsp3) is 0.238. The summed E-state index contributed by atoms with van der Waals surface area (Å²) in [6, 6.07) is 9.84. The molecule has 9 heteroatoms. The molecule has 0 spiro atoms. The van der Waals surface area contributed by atoms with E-state index in [1.807, 2.05) is 6.07 Å². The second-order valence-electron chi connectivity index (χ2n) is 7.59. The first kappa shape index (κ1) is 18.6. The van der Waals surface area contributed by atoms with Gasteiger partial charge in [-0.25, -0.2) is 4.39 Å². The van der Waals surface area contributed by atoms with Crippen LogP contribution in [0.1, 0.15) is 16.9 Å². The van der Waals surface area contributed by atoms with Gasteiger partial charge in [-0.15, -0.1) is 0 Å². The van der Waals surface area contributed by atoms with Gasteiger partial charge < -0.3 is 10.2 Å². The summed E-state index contributed by atoms with van der Waals surface area (Å²) in [7, 11) is 0. The largest absolute Gasteiger partial charge is 0.343 e. The SMILES string of the molecule is N#CN1CC2C[C@]2(NC(=O)c2cc(-c3cnccc3Sc3ccc(F)cc3)[nH]n2)C1. The highest BCUT2D eigenvalue weighted by atomic mass is 32.2. The van der Waals surface area contributed by atoms with Gasteiger partial charge in [0.2, 0.25) is 0 Å². The second kappa shape index (κ2) is 7.15. The molecule has 1 saturated heterocycles. The number of fused-ring (bicyclic) bond motifs is 1. The molecular weight excluding hydrogens is 403 g/mol. The minimum absolute atomic E-state index is 0.253. The number of carbonyl (C=O) groups excluding carboxylic acids is 1. The van der Waals surface area contributed by atoms with Gasteiger partial charge in [0.25, 0.3) is 5.91 Å². The molecule has 3 aromatic rings. The number of halogens is 1. The average Bonchev–Trinajstić information content (AvgIpc) is 3.10. The maximum atomic E-state index is 13.2.